The lowest BCUT2D eigenvalue weighted by atomic mass is 10.00. The molecule has 70 valence electrons. The molecule has 0 aromatic heterocycles. The Balaban J connectivity index is 2.41. The van der Waals surface area contributed by atoms with Gasteiger partial charge in [-0.25, -0.2) is 0 Å². The third-order valence-electron chi connectivity index (χ3n) is 2.51. The molecule has 0 fully saturated rings. The van der Waals surface area contributed by atoms with Crippen LogP contribution in [0.1, 0.15) is 29.7 Å². The predicted molar refractivity (Wildman–Crippen MR) is 56.9 cm³/mol. The lowest BCUT2D eigenvalue weighted by molar-refractivity contribution is 0.201. The summed E-state index contributed by atoms with van der Waals surface area (Å²) < 4.78 is 0. The molecule has 1 aromatic carbocycles. The third-order valence-corrected chi connectivity index (χ3v) is 3.58. The number of hydrogen-bond acceptors (Lipinski definition) is 2. The van der Waals surface area contributed by atoms with Crippen LogP contribution in [0.3, 0.4) is 0 Å². The Kier molecular flexibility index (Phi) is 2.61. The van der Waals surface area contributed by atoms with E-state index in [1.807, 2.05) is 11.8 Å². The SMILES string of the molecule is CCc1ccc2c(c1)[C@@H](O)CSC2. The Bertz CT molecular complexity index is 309. The van der Waals surface area contributed by atoms with Crippen LogP contribution >= 0.6 is 11.8 Å². The highest BCUT2D eigenvalue weighted by Gasteiger charge is 2.17. The van der Waals surface area contributed by atoms with Crippen molar-refractivity contribution in [3.05, 3.63) is 34.9 Å². The molecule has 1 atom stereocenters. The van der Waals surface area contributed by atoms with Gasteiger partial charge >= 0.3 is 0 Å². The van der Waals surface area contributed by atoms with Crippen molar-refractivity contribution in [2.45, 2.75) is 25.2 Å². The number of hydrogen-bond donors (Lipinski definition) is 1. The first-order chi connectivity index (χ1) is 6.31. The Labute approximate surface area is 83.2 Å². The van der Waals surface area contributed by atoms with E-state index in [9.17, 15) is 5.11 Å². The van der Waals surface area contributed by atoms with Crippen molar-refractivity contribution >= 4 is 11.8 Å². The maximum absolute atomic E-state index is 9.76. The van der Waals surface area contributed by atoms with Crippen molar-refractivity contribution in [1.29, 1.82) is 0 Å². The van der Waals surface area contributed by atoms with Gasteiger partial charge in [-0.2, -0.15) is 11.8 Å². The zero-order valence-corrected chi connectivity index (χ0v) is 8.60. The summed E-state index contributed by atoms with van der Waals surface area (Å²) in [5.74, 6) is 1.90. The molecule has 1 heterocycles. The normalized spacial score (nSPS) is 21.2. The maximum atomic E-state index is 9.76. The van der Waals surface area contributed by atoms with Crippen LogP contribution in [0, 0.1) is 0 Å². The van der Waals surface area contributed by atoms with Gasteiger partial charge in [0.2, 0.25) is 0 Å². The van der Waals surface area contributed by atoms with Gasteiger partial charge in [0, 0.05) is 11.5 Å². The van der Waals surface area contributed by atoms with Gasteiger partial charge in [-0.15, -0.1) is 0 Å². The second kappa shape index (κ2) is 3.72. The van der Waals surface area contributed by atoms with Gasteiger partial charge < -0.3 is 5.11 Å². The van der Waals surface area contributed by atoms with Gasteiger partial charge in [-0.1, -0.05) is 25.1 Å². The summed E-state index contributed by atoms with van der Waals surface area (Å²) in [6.45, 7) is 2.14. The Morgan fingerprint density at radius 3 is 3.15 bits per heavy atom. The first-order valence-electron chi connectivity index (χ1n) is 4.68. The lowest BCUT2D eigenvalue weighted by Gasteiger charge is -2.21. The number of rotatable bonds is 1. The van der Waals surface area contributed by atoms with E-state index in [1.54, 1.807) is 0 Å². The molecule has 0 aliphatic carbocycles. The number of aliphatic hydroxyl groups excluding tert-OH is 1. The van der Waals surface area contributed by atoms with E-state index < -0.39 is 0 Å². The van der Waals surface area contributed by atoms with E-state index in [0.717, 1.165) is 23.5 Å². The van der Waals surface area contributed by atoms with Gasteiger partial charge in [-0.05, 0) is 23.1 Å². The quantitative estimate of drug-likeness (QED) is 0.741. The molecule has 2 heteroatoms. The molecule has 0 amide bonds. The van der Waals surface area contributed by atoms with Crippen molar-refractivity contribution in [1.82, 2.24) is 0 Å². The smallest absolute Gasteiger partial charge is 0.0883 e. The number of fused-ring (bicyclic) bond motifs is 1. The van der Waals surface area contributed by atoms with Crippen LogP contribution in [-0.2, 0) is 12.2 Å². The summed E-state index contributed by atoms with van der Waals surface area (Å²) in [6, 6.07) is 6.47. The summed E-state index contributed by atoms with van der Waals surface area (Å²) in [5.41, 5.74) is 3.78. The zero-order chi connectivity index (χ0) is 9.26. The Morgan fingerprint density at radius 2 is 2.38 bits per heavy atom. The highest BCUT2D eigenvalue weighted by atomic mass is 32.2. The molecule has 0 spiro atoms. The van der Waals surface area contributed by atoms with Crippen LogP contribution in [0.15, 0.2) is 18.2 Å². The van der Waals surface area contributed by atoms with E-state index in [1.165, 1.54) is 11.1 Å². The molecule has 0 radical (unpaired) electrons. The second-order valence-electron chi connectivity index (χ2n) is 3.42. The Morgan fingerprint density at radius 1 is 1.54 bits per heavy atom. The van der Waals surface area contributed by atoms with Crippen molar-refractivity contribution in [3.63, 3.8) is 0 Å². The fraction of sp³-hybridized carbons (Fsp3) is 0.455. The van der Waals surface area contributed by atoms with Crippen LogP contribution in [0.2, 0.25) is 0 Å². The highest BCUT2D eigenvalue weighted by molar-refractivity contribution is 7.98. The Hall–Kier alpha value is -0.470. The average molecular weight is 194 g/mol. The van der Waals surface area contributed by atoms with E-state index in [4.69, 9.17) is 0 Å². The molecule has 1 N–H and O–H groups in total. The molecule has 1 aromatic rings. The van der Waals surface area contributed by atoms with Crippen LogP contribution in [0.25, 0.3) is 0 Å². The molecule has 1 nitrogen and oxygen atoms in total. The van der Waals surface area contributed by atoms with E-state index in [-0.39, 0.29) is 6.10 Å². The van der Waals surface area contributed by atoms with Crippen molar-refractivity contribution in [2.75, 3.05) is 5.75 Å². The van der Waals surface area contributed by atoms with E-state index >= 15 is 0 Å². The maximum Gasteiger partial charge on any atom is 0.0883 e. The van der Waals surface area contributed by atoms with Crippen molar-refractivity contribution in [3.8, 4) is 0 Å². The molecule has 1 aliphatic heterocycles. The largest absolute Gasteiger partial charge is 0.388 e. The minimum Gasteiger partial charge on any atom is -0.388 e. The topological polar surface area (TPSA) is 20.2 Å². The molecule has 0 saturated carbocycles. The number of aryl methyl sites for hydroxylation is 1. The molecular formula is C11H14OS. The molecule has 13 heavy (non-hydrogen) atoms. The number of thioether (sulfide) groups is 1. The lowest BCUT2D eigenvalue weighted by Crippen LogP contribution is -2.10. The third kappa shape index (κ3) is 1.74. The second-order valence-corrected chi connectivity index (χ2v) is 4.45. The van der Waals surface area contributed by atoms with Gasteiger partial charge in [0.15, 0.2) is 0 Å². The van der Waals surface area contributed by atoms with Crippen LogP contribution in [0.4, 0.5) is 0 Å². The average Bonchev–Trinajstić information content (AvgIpc) is 2.18. The van der Waals surface area contributed by atoms with E-state index in [0.29, 0.717) is 0 Å². The fourth-order valence-electron chi connectivity index (χ4n) is 1.68. The molecular weight excluding hydrogens is 180 g/mol. The minimum atomic E-state index is -0.250. The zero-order valence-electron chi connectivity index (χ0n) is 7.79. The highest BCUT2D eigenvalue weighted by Crippen LogP contribution is 2.32. The van der Waals surface area contributed by atoms with Crippen LogP contribution < -0.4 is 0 Å². The molecule has 0 bridgehead atoms. The van der Waals surface area contributed by atoms with Crippen molar-refractivity contribution < 1.29 is 5.11 Å². The molecule has 0 saturated heterocycles. The van der Waals surface area contributed by atoms with Crippen molar-refractivity contribution in [2.24, 2.45) is 0 Å². The summed E-state index contributed by atoms with van der Waals surface area (Å²) in [6.07, 6.45) is 0.799. The molecule has 0 unspecified atom stereocenters. The first kappa shape index (κ1) is 9.10. The first-order valence-corrected chi connectivity index (χ1v) is 5.84. The standard InChI is InChI=1S/C11H14OS/c1-2-8-3-4-9-6-13-7-11(12)10(9)5-8/h3-5,11-12H,2,6-7H2,1H3/t11-/m0/s1. The van der Waals surface area contributed by atoms with Crippen LogP contribution in [0.5, 0.6) is 0 Å². The number of aliphatic hydroxyl groups is 1. The van der Waals surface area contributed by atoms with Crippen LogP contribution in [-0.4, -0.2) is 10.9 Å². The van der Waals surface area contributed by atoms with E-state index in [2.05, 4.69) is 25.1 Å². The van der Waals surface area contributed by atoms with Gasteiger partial charge in [-0.3, -0.25) is 0 Å². The summed E-state index contributed by atoms with van der Waals surface area (Å²) in [5, 5.41) is 9.76. The van der Waals surface area contributed by atoms with Gasteiger partial charge in [0.25, 0.3) is 0 Å². The summed E-state index contributed by atoms with van der Waals surface area (Å²) in [7, 11) is 0. The molecule has 2 rings (SSSR count). The fourth-order valence-corrected chi connectivity index (χ4v) is 2.68. The molecule has 1 aliphatic rings. The minimum absolute atomic E-state index is 0.250. The van der Waals surface area contributed by atoms with Gasteiger partial charge in [0.1, 0.15) is 0 Å². The predicted octanol–water partition coefficient (Wildman–Crippen LogP) is 2.53. The summed E-state index contributed by atoms with van der Waals surface area (Å²) >= 11 is 1.81. The summed E-state index contributed by atoms with van der Waals surface area (Å²) in [4.78, 5) is 0. The number of benzene rings is 1. The van der Waals surface area contributed by atoms with Gasteiger partial charge in [0.05, 0.1) is 6.10 Å². The monoisotopic (exact) mass is 194 g/mol.